The second kappa shape index (κ2) is 8.29. The van der Waals surface area contributed by atoms with Crippen molar-refractivity contribution in [3.8, 4) is 0 Å². The minimum atomic E-state index is -0.224. The van der Waals surface area contributed by atoms with Crippen molar-refractivity contribution in [1.82, 2.24) is 19.5 Å². The van der Waals surface area contributed by atoms with E-state index >= 15 is 0 Å². The summed E-state index contributed by atoms with van der Waals surface area (Å²) in [7, 11) is 0. The Morgan fingerprint density at radius 2 is 2.20 bits per heavy atom. The topological polar surface area (TPSA) is 77.6 Å². The summed E-state index contributed by atoms with van der Waals surface area (Å²) in [5.41, 5.74) is 0.362. The monoisotopic (exact) mass is 346 g/mol. The van der Waals surface area contributed by atoms with Gasteiger partial charge in [0.25, 0.3) is 0 Å². The van der Waals surface area contributed by atoms with Crippen LogP contribution in [0, 0.1) is 5.92 Å². The van der Waals surface area contributed by atoms with Crippen molar-refractivity contribution in [2.75, 3.05) is 13.2 Å². The Kier molecular flexibility index (Phi) is 5.86. The van der Waals surface area contributed by atoms with E-state index in [0.29, 0.717) is 30.8 Å². The molecule has 25 heavy (non-hydrogen) atoms. The smallest absolute Gasteiger partial charge is 0.350 e. The van der Waals surface area contributed by atoms with Crippen molar-refractivity contribution >= 4 is 11.6 Å². The fourth-order valence-corrected chi connectivity index (χ4v) is 3.34. The van der Waals surface area contributed by atoms with E-state index in [-0.39, 0.29) is 24.6 Å². The molecular formula is C18H26N4O3. The summed E-state index contributed by atoms with van der Waals surface area (Å²) < 4.78 is 8.68. The Labute approximate surface area is 147 Å². The third kappa shape index (κ3) is 4.48. The van der Waals surface area contributed by atoms with E-state index in [9.17, 15) is 9.59 Å². The number of nitrogens with zero attached hydrogens (tertiary/aromatic N) is 3. The van der Waals surface area contributed by atoms with Crippen LogP contribution in [0.25, 0.3) is 5.65 Å². The molecule has 3 rings (SSSR count). The van der Waals surface area contributed by atoms with Crippen LogP contribution in [0.2, 0.25) is 0 Å². The molecule has 0 saturated heterocycles. The van der Waals surface area contributed by atoms with Crippen LogP contribution in [0.4, 0.5) is 0 Å². The zero-order valence-electron chi connectivity index (χ0n) is 14.7. The van der Waals surface area contributed by atoms with Crippen molar-refractivity contribution < 1.29 is 9.53 Å². The van der Waals surface area contributed by atoms with Crippen LogP contribution in [0.3, 0.4) is 0 Å². The molecule has 7 heteroatoms. The largest absolute Gasteiger partial charge is 0.376 e. The van der Waals surface area contributed by atoms with Crippen LogP contribution in [-0.4, -0.2) is 39.3 Å². The van der Waals surface area contributed by atoms with Crippen molar-refractivity contribution in [3.63, 3.8) is 0 Å². The van der Waals surface area contributed by atoms with Gasteiger partial charge in [-0.25, -0.2) is 9.48 Å². The number of nitrogens with one attached hydrogen (secondary N) is 1. The minimum absolute atomic E-state index is 0.0933. The van der Waals surface area contributed by atoms with Gasteiger partial charge in [0.2, 0.25) is 5.91 Å². The third-order valence-electron chi connectivity index (χ3n) is 4.83. The van der Waals surface area contributed by atoms with Crippen LogP contribution in [-0.2, 0) is 16.1 Å². The molecule has 136 valence electrons. The minimum Gasteiger partial charge on any atom is -0.376 e. The molecule has 2 aromatic rings. The molecule has 0 aliphatic heterocycles. The van der Waals surface area contributed by atoms with E-state index < -0.39 is 0 Å². The number of aryl methyl sites for hydroxylation is 1. The fraction of sp³-hybridized carbons (Fsp3) is 0.611. The molecule has 2 heterocycles. The predicted octanol–water partition coefficient (Wildman–Crippen LogP) is 1.60. The maximum absolute atomic E-state index is 12.1. The maximum atomic E-state index is 12.1. The van der Waals surface area contributed by atoms with E-state index in [1.807, 2.05) is 6.07 Å². The number of carbonyl (C=O) groups excluding carboxylic acids is 1. The number of carbonyl (C=O) groups is 1. The zero-order valence-corrected chi connectivity index (χ0v) is 14.7. The lowest BCUT2D eigenvalue weighted by atomic mass is 9.88. The molecule has 1 fully saturated rings. The number of pyridine rings is 1. The average molecular weight is 346 g/mol. The van der Waals surface area contributed by atoms with Gasteiger partial charge in [-0.15, -0.1) is 5.10 Å². The second-order valence-electron chi connectivity index (χ2n) is 6.71. The number of hydrogen-bond donors (Lipinski definition) is 1. The highest BCUT2D eigenvalue weighted by Crippen LogP contribution is 2.25. The average Bonchev–Trinajstić information content (AvgIpc) is 2.95. The maximum Gasteiger partial charge on any atom is 0.350 e. The molecule has 0 unspecified atom stereocenters. The molecule has 2 aromatic heterocycles. The van der Waals surface area contributed by atoms with E-state index in [2.05, 4.69) is 17.3 Å². The molecule has 0 radical (unpaired) electrons. The van der Waals surface area contributed by atoms with E-state index in [1.165, 1.54) is 28.3 Å². The van der Waals surface area contributed by atoms with Gasteiger partial charge >= 0.3 is 5.69 Å². The van der Waals surface area contributed by atoms with Crippen LogP contribution in [0.15, 0.2) is 29.2 Å². The fourth-order valence-electron chi connectivity index (χ4n) is 3.34. The quantitative estimate of drug-likeness (QED) is 0.773. The molecule has 1 aliphatic carbocycles. The summed E-state index contributed by atoms with van der Waals surface area (Å²) in [6.07, 6.45) is 7.09. The first-order valence-electron chi connectivity index (χ1n) is 9.07. The predicted molar refractivity (Wildman–Crippen MR) is 94.5 cm³/mol. The molecule has 0 spiro atoms. The molecule has 2 atom stereocenters. The summed E-state index contributed by atoms with van der Waals surface area (Å²) in [4.78, 5) is 24.1. The van der Waals surface area contributed by atoms with Gasteiger partial charge in [-0.3, -0.25) is 9.20 Å². The molecule has 1 amide bonds. The van der Waals surface area contributed by atoms with Gasteiger partial charge in [0.05, 0.1) is 19.3 Å². The molecule has 1 saturated carbocycles. The Morgan fingerprint density at radius 1 is 1.36 bits per heavy atom. The van der Waals surface area contributed by atoms with E-state index in [0.717, 1.165) is 6.42 Å². The molecule has 7 nitrogen and oxygen atoms in total. The number of fused-ring (bicyclic) bond motifs is 1. The summed E-state index contributed by atoms with van der Waals surface area (Å²) >= 11 is 0. The Balaban J connectivity index is 1.39. The number of ether oxygens (including phenoxy) is 1. The first kappa shape index (κ1) is 17.7. The molecule has 1 N–H and O–H groups in total. The van der Waals surface area contributed by atoms with Crippen LogP contribution in [0.1, 0.15) is 39.0 Å². The highest BCUT2D eigenvalue weighted by Gasteiger charge is 2.21. The summed E-state index contributed by atoms with van der Waals surface area (Å²) in [6.45, 7) is 3.54. The molecular weight excluding hydrogens is 320 g/mol. The number of aromatic nitrogens is 3. The molecule has 0 aromatic carbocycles. The number of hydrogen-bond acceptors (Lipinski definition) is 4. The highest BCUT2D eigenvalue weighted by molar-refractivity contribution is 5.75. The molecule has 0 bridgehead atoms. The SMILES string of the molecule is C[C@@H]1CCCC[C@@H]1OCCNC(=O)CCn1nc2ccccn2c1=O. The number of amides is 1. The second-order valence-corrected chi connectivity index (χ2v) is 6.71. The van der Waals surface area contributed by atoms with Crippen molar-refractivity contribution in [2.24, 2.45) is 5.92 Å². The Morgan fingerprint density at radius 3 is 3.00 bits per heavy atom. The van der Waals surface area contributed by atoms with Gasteiger partial charge in [-0.05, 0) is 30.9 Å². The Bertz CT molecular complexity index is 767. The first-order chi connectivity index (χ1) is 12.1. The van der Waals surface area contributed by atoms with Crippen molar-refractivity contribution in [2.45, 2.75) is 51.7 Å². The van der Waals surface area contributed by atoms with E-state index in [1.54, 1.807) is 18.3 Å². The van der Waals surface area contributed by atoms with Gasteiger partial charge < -0.3 is 10.1 Å². The van der Waals surface area contributed by atoms with Gasteiger partial charge in [0, 0.05) is 19.2 Å². The summed E-state index contributed by atoms with van der Waals surface area (Å²) in [6, 6.07) is 5.37. The third-order valence-corrected chi connectivity index (χ3v) is 4.83. The Hall–Kier alpha value is -2.15. The van der Waals surface area contributed by atoms with Gasteiger partial charge in [0.15, 0.2) is 5.65 Å². The lowest BCUT2D eigenvalue weighted by molar-refractivity contribution is -0.121. The lowest BCUT2D eigenvalue weighted by Crippen LogP contribution is -2.32. The van der Waals surface area contributed by atoms with E-state index in [4.69, 9.17) is 4.74 Å². The van der Waals surface area contributed by atoms with Crippen LogP contribution in [0.5, 0.6) is 0 Å². The first-order valence-corrected chi connectivity index (χ1v) is 9.07. The zero-order chi connectivity index (χ0) is 17.6. The highest BCUT2D eigenvalue weighted by atomic mass is 16.5. The standard InChI is InChI=1S/C18H26N4O3/c1-14-6-2-3-7-15(14)25-13-10-19-17(23)9-12-22-18(24)21-11-5-4-8-16(21)20-22/h4-5,8,11,14-15H,2-3,6-7,9-10,12-13H2,1H3,(H,19,23)/t14-,15+/m1/s1. The normalized spacial score (nSPS) is 20.7. The lowest BCUT2D eigenvalue weighted by Gasteiger charge is -2.28. The van der Waals surface area contributed by atoms with Crippen molar-refractivity contribution in [3.05, 3.63) is 34.9 Å². The summed E-state index contributed by atoms with van der Waals surface area (Å²) in [5, 5.41) is 7.06. The number of rotatable bonds is 7. The van der Waals surface area contributed by atoms with Crippen LogP contribution >= 0.6 is 0 Å². The van der Waals surface area contributed by atoms with Gasteiger partial charge in [0.1, 0.15) is 0 Å². The van der Waals surface area contributed by atoms with Gasteiger partial charge in [-0.2, -0.15) is 0 Å². The summed E-state index contributed by atoms with van der Waals surface area (Å²) in [5.74, 6) is 0.510. The van der Waals surface area contributed by atoms with Gasteiger partial charge in [-0.1, -0.05) is 25.8 Å². The molecule has 1 aliphatic rings. The van der Waals surface area contributed by atoms with Crippen molar-refractivity contribution in [1.29, 1.82) is 0 Å². The van der Waals surface area contributed by atoms with Crippen LogP contribution < -0.4 is 11.0 Å².